The summed E-state index contributed by atoms with van der Waals surface area (Å²) < 4.78 is 38.9. The van der Waals surface area contributed by atoms with Gasteiger partial charge >= 0.3 is 0 Å². The first-order valence-corrected chi connectivity index (χ1v) is 11.3. The van der Waals surface area contributed by atoms with Gasteiger partial charge in [-0.15, -0.1) is 0 Å². The highest BCUT2D eigenvalue weighted by Crippen LogP contribution is 2.36. The minimum atomic E-state index is -3.75. The Kier molecular flexibility index (Phi) is 5.81. The number of methoxy groups -OCH3 is 1. The fourth-order valence-corrected chi connectivity index (χ4v) is 5.01. The van der Waals surface area contributed by atoms with Crippen LogP contribution < -0.4 is 19.1 Å². The zero-order chi connectivity index (χ0) is 21.8. The van der Waals surface area contributed by atoms with E-state index >= 15 is 0 Å². The summed E-state index contributed by atoms with van der Waals surface area (Å²) in [4.78, 5) is 13.0. The minimum absolute atomic E-state index is 0.132. The molecule has 1 aliphatic heterocycles. The lowest BCUT2D eigenvalue weighted by molar-refractivity contribution is -0.122. The van der Waals surface area contributed by atoms with Crippen molar-refractivity contribution in [2.45, 2.75) is 11.9 Å². The van der Waals surface area contributed by atoms with Crippen LogP contribution in [0, 0.1) is 0 Å². The molecule has 3 aromatic carbocycles. The van der Waals surface area contributed by atoms with Crippen LogP contribution in [0.25, 0.3) is 0 Å². The van der Waals surface area contributed by atoms with E-state index in [2.05, 4.69) is 5.32 Å². The Morgan fingerprint density at radius 1 is 1.03 bits per heavy atom. The van der Waals surface area contributed by atoms with Gasteiger partial charge in [0.25, 0.3) is 5.91 Å². The van der Waals surface area contributed by atoms with Gasteiger partial charge in [0.1, 0.15) is 11.5 Å². The molecular formula is C23H22N2O5S. The Labute approximate surface area is 181 Å². The topological polar surface area (TPSA) is 84.9 Å². The van der Waals surface area contributed by atoms with E-state index in [0.29, 0.717) is 28.4 Å². The molecule has 160 valence electrons. The van der Waals surface area contributed by atoms with Crippen molar-refractivity contribution in [3.05, 3.63) is 84.4 Å². The number of hydrogen-bond donors (Lipinski definition) is 1. The van der Waals surface area contributed by atoms with E-state index in [1.165, 1.54) is 11.4 Å². The smallest absolute Gasteiger partial charge is 0.267 e. The molecule has 1 atom stereocenters. The number of rotatable bonds is 6. The van der Waals surface area contributed by atoms with Crippen molar-refractivity contribution < 1.29 is 22.7 Å². The van der Waals surface area contributed by atoms with Gasteiger partial charge in [-0.1, -0.05) is 54.6 Å². The molecule has 31 heavy (non-hydrogen) atoms. The largest absolute Gasteiger partial charge is 0.495 e. The van der Waals surface area contributed by atoms with Crippen molar-refractivity contribution in [2.24, 2.45) is 0 Å². The zero-order valence-electron chi connectivity index (χ0n) is 16.9. The third-order valence-electron chi connectivity index (χ3n) is 4.92. The molecule has 7 nitrogen and oxygen atoms in total. The van der Waals surface area contributed by atoms with Crippen LogP contribution in [0.2, 0.25) is 0 Å². The zero-order valence-corrected chi connectivity index (χ0v) is 17.7. The van der Waals surface area contributed by atoms with Crippen molar-refractivity contribution in [3.63, 3.8) is 0 Å². The molecule has 0 bridgehead atoms. The summed E-state index contributed by atoms with van der Waals surface area (Å²) in [7, 11) is -2.24. The average molecular weight is 439 g/mol. The minimum Gasteiger partial charge on any atom is -0.495 e. The third kappa shape index (κ3) is 4.49. The van der Waals surface area contributed by atoms with Gasteiger partial charge in [0.05, 0.1) is 30.8 Å². The molecule has 0 unspecified atom stereocenters. The molecule has 0 aromatic heterocycles. The molecule has 1 heterocycles. The van der Waals surface area contributed by atoms with Gasteiger partial charge in [-0.2, -0.15) is 0 Å². The molecule has 0 saturated carbocycles. The van der Waals surface area contributed by atoms with Gasteiger partial charge in [-0.05, 0) is 29.8 Å². The Morgan fingerprint density at radius 2 is 1.71 bits per heavy atom. The first-order chi connectivity index (χ1) is 15.0. The Bertz CT molecular complexity index is 1180. The van der Waals surface area contributed by atoms with E-state index in [1.807, 2.05) is 6.07 Å². The van der Waals surface area contributed by atoms with E-state index in [0.717, 1.165) is 0 Å². The lowest BCUT2D eigenvalue weighted by Gasteiger charge is -2.34. The Balaban J connectivity index is 1.62. The number of para-hydroxylation sites is 4. The summed E-state index contributed by atoms with van der Waals surface area (Å²) in [6.45, 7) is -0.132. The molecule has 3 aromatic rings. The Morgan fingerprint density at radius 3 is 2.48 bits per heavy atom. The van der Waals surface area contributed by atoms with Gasteiger partial charge < -0.3 is 14.8 Å². The number of sulfonamides is 1. The van der Waals surface area contributed by atoms with Crippen LogP contribution in [0.3, 0.4) is 0 Å². The molecule has 1 amide bonds. The van der Waals surface area contributed by atoms with Crippen molar-refractivity contribution in [1.82, 2.24) is 0 Å². The van der Waals surface area contributed by atoms with E-state index in [1.54, 1.807) is 72.8 Å². The summed E-state index contributed by atoms with van der Waals surface area (Å²) in [6.07, 6.45) is -1.02. The normalized spacial score (nSPS) is 15.5. The predicted octanol–water partition coefficient (Wildman–Crippen LogP) is 3.43. The molecule has 0 spiro atoms. The summed E-state index contributed by atoms with van der Waals surface area (Å²) in [5.41, 5.74) is 1.57. The lowest BCUT2D eigenvalue weighted by atomic mass is 10.2. The number of hydrogen-bond acceptors (Lipinski definition) is 5. The first kappa shape index (κ1) is 20.7. The standard InChI is InChI=1S/C23H22N2O5S/c1-29-20-13-7-5-11-18(20)24-23(26)22-15-25(19-12-6-8-14-21(19)30-22)31(27,28)16-17-9-3-2-4-10-17/h2-14,22H,15-16H2,1H3,(H,24,26)/t22-/m1/s1. The van der Waals surface area contributed by atoms with E-state index in [-0.39, 0.29) is 12.3 Å². The highest BCUT2D eigenvalue weighted by atomic mass is 32.2. The number of nitrogens with zero attached hydrogens (tertiary/aromatic N) is 1. The number of anilines is 2. The van der Waals surface area contributed by atoms with E-state index in [9.17, 15) is 13.2 Å². The molecule has 4 rings (SSSR count). The molecule has 8 heteroatoms. The highest BCUT2D eigenvalue weighted by Gasteiger charge is 2.36. The van der Waals surface area contributed by atoms with Gasteiger partial charge in [-0.3, -0.25) is 9.10 Å². The van der Waals surface area contributed by atoms with Crippen molar-refractivity contribution in [2.75, 3.05) is 23.3 Å². The van der Waals surface area contributed by atoms with Crippen LogP contribution >= 0.6 is 0 Å². The number of benzene rings is 3. The second-order valence-corrected chi connectivity index (χ2v) is 8.93. The van der Waals surface area contributed by atoms with Crippen LogP contribution in [0.1, 0.15) is 5.56 Å². The molecule has 0 saturated heterocycles. The number of carbonyl (C=O) groups is 1. The molecule has 0 radical (unpaired) electrons. The van der Waals surface area contributed by atoms with Crippen molar-refractivity contribution in [3.8, 4) is 11.5 Å². The molecule has 0 aliphatic carbocycles. The maximum atomic E-state index is 13.3. The van der Waals surface area contributed by atoms with Crippen LogP contribution in [-0.2, 0) is 20.6 Å². The summed E-state index contributed by atoms with van der Waals surface area (Å²) in [5, 5.41) is 2.77. The lowest BCUT2D eigenvalue weighted by Crippen LogP contribution is -2.49. The van der Waals surface area contributed by atoms with Crippen molar-refractivity contribution in [1.29, 1.82) is 0 Å². The fraction of sp³-hybridized carbons (Fsp3) is 0.174. The maximum absolute atomic E-state index is 13.3. The second-order valence-electron chi connectivity index (χ2n) is 7.04. The molecule has 1 aliphatic rings. The predicted molar refractivity (Wildman–Crippen MR) is 119 cm³/mol. The molecule has 1 N–H and O–H groups in total. The van der Waals surface area contributed by atoms with Crippen molar-refractivity contribution >= 4 is 27.3 Å². The van der Waals surface area contributed by atoms with Gasteiger partial charge in [0, 0.05) is 0 Å². The van der Waals surface area contributed by atoms with Gasteiger partial charge in [0.15, 0.2) is 6.10 Å². The van der Waals surface area contributed by atoms with E-state index < -0.39 is 22.0 Å². The fourth-order valence-electron chi connectivity index (χ4n) is 3.43. The highest BCUT2D eigenvalue weighted by molar-refractivity contribution is 7.92. The van der Waals surface area contributed by atoms with E-state index in [4.69, 9.17) is 9.47 Å². The average Bonchev–Trinajstić information content (AvgIpc) is 2.79. The monoisotopic (exact) mass is 438 g/mol. The number of nitrogens with one attached hydrogen (secondary N) is 1. The van der Waals surface area contributed by atoms with Crippen LogP contribution in [0.4, 0.5) is 11.4 Å². The Hall–Kier alpha value is -3.52. The quantitative estimate of drug-likeness (QED) is 0.637. The molecular weight excluding hydrogens is 416 g/mol. The third-order valence-corrected chi connectivity index (χ3v) is 6.64. The summed E-state index contributed by atoms with van der Waals surface area (Å²) in [6, 6.07) is 22.7. The SMILES string of the molecule is COc1ccccc1NC(=O)[C@H]1CN(S(=O)(=O)Cc2ccccc2)c2ccccc2O1. The van der Waals surface area contributed by atoms with Crippen LogP contribution in [0.15, 0.2) is 78.9 Å². The number of amides is 1. The summed E-state index contributed by atoms with van der Waals surface area (Å²) >= 11 is 0. The number of carbonyl (C=O) groups excluding carboxylic acids is 1. The maximum Gasteiger partial charge on any atom is 0.267 e. The number of ether oxygens (including phenoxy) is 2. The van der Waals surface area contributed by atoms with Gasteiger partial charge in [-0.25, -0.2) is 8.42 Å². The van der Waals surface area contributed by atoms with Gasteiger partial charge in [0.2, 0.25) is 10.0 Å². The summed E-state index contributed by atoms with van der Waals surface area (Å²) in [5.74, 6) is 0.202. The van der Waals surface area contributed by atoms with Crippen LogP contribution in [-0.4, -0.2) is 34.1 Å². The second kappa shape index (κ2) is 8.69. The first-order valence-electron chi connectivity index (χ1n) is 9.72. The molecule has 0 fully saturated rings. The number of fused-ring (bicyclic) bond motifs is 1. The van der Waals surface area contributed by atoms with Crippen LogP contribution in [0.5, 0.6) is 11.5 Å².